The second-order valence-electron chi connectivity index (χ2n) is 5.16. The number of fused-ring (bicyclic) bond motifs is 1. The summed E-state index contributed by atoms with van der Waals surface area (Å²) in [5.41, 5.74) is 2.46. The normalized spacial score (nSPS) is 11.2. The van der Waals surface area contributed by atoms with Crippen LogP contribution in [0.1, 0.15) is 27.2 Å². The first kappa shape index (κ1) is 16.1. The average Bonchev–Trinajstić information content (AvgIpc) is 3.00. The fourth-order valence-electron chi connectivity index (χ4n) is 2.35. The van der Waals surface area contributed by atoms with Gasteiger partial charge in [0.2, 0.25) is 0 Å². The number of aryl methyl sites for hydroxylation is 2. The van der Waals surface area contributed by atoms with Crippen molar-refractivity contribution in [2.45, 2.75) is 20.4 Å². The van der Waals surface area contributed by atoms with Gasteiger partial charge in [-0.15, -0.1) is 11.3 Å². The SMILES string of the molecule is CCn1nc(C(=O)N/N=C/c2ccc(C)s2)c2ccccc2c1=O. The molecule has 0 bridgehead atoms. The van der Waals surface area contributed by atoms with Crippen molar-refractivity contribution in [3.63, 3.8) is 0 Å². The Kier molecular flexibility index (Phi) is 4.52. The Labute approximate surface area is 142 Å². The number of nitrogens with one attached hydrogen (secondary N) is 1. The molecule has 0 fully saturated rings. The molecule has 6 nitrogen and oxygen atoms in total. The quantitative estimate of drug-likeness (QED) is 0.586. The molecule has 0 saturated heterocycles. The van der Waals surface area contributed by atoms with Gasteiger partial charge in [0.1, 0.15) is 0 Å². The fraction of sp³-hybridized carbons (Fsp3) is 0.176. The number of benzene rings is 1. The number of hydrogen-bond donors (Lipinski definition) is 1. The first-order chi connectivity index (χ1) is 11.6. The third-order valence-electron chi connectivity index (χ3n) is 3.50. The van der Waals surface area contributed by atoms with E-state index >= 15 is 0 Å². The number of rotatable bonds is 4. The van der Waals surface area contributed by atoms with Gasteiger partial charge in [0.25, 0.3) is 11.5 Å². The number of amides is 1. The van der Waals surface area contributed by atoms with Crippen molar-refractivity contribution in [2.75, 3.05) is 0 Å². The number of hydrazone groups is 1. The van der Waals surface area contributed by atoms with Crippen LogP contribution in [0, 0.1) is 6.92 Å². The highest BCUT2D eigenvalue weighted by Gasteiger charge is 2.15. The average molecular weight is 340 g/mol. The third-order valence-corrected chi connectivity index (χ3v) is 4.44. The predicted molar refractivity (Wildman–Crippen MR) is 95.8 cm³/mol. The number of carbonyl (C=O) groups is 1. The Balaban J connectivity index is 1.93. The van der Waals surface area contributed by atoms with Gasteiger partial charge in [-0.05, 0) is 32.0 Å². The standard InChI is InChI=1S/C17H16N4O2S/c1-3-21-17(23)14-7-5-4-6-13(14)15(20-21)16(22)19-18-10-12-9-8-11(2)24-12/h4-10H,3H2,1-2H3,(H,19,22)/b18-10+. The predicted octanol–water partition coefficient (Wildman–Crippen LogP) is 2.55. The van der Waals surface area contributed by atoms with Gasteiger partial charge < -0.3 is 0 Å². The Hall–Kier alpha value is -2.80. The molecular formula is C17H16N4O2S. The molecule has 0 spiro atoms. The number of nitrogens with zero attached hydrogens (tertiary/aromatic N) is 3. The highest BCUT2D eigenvalue weighted by Crippen LogP contribution is 2.14. The fourth-order valence-corrected chi connectivity index (χ4v) is 3.10. The largest absolute Gasteiger partial charge is 0.292 e. The Morgan fingerprint density at radius 2 is 2.04 bits per heavy atom. The van der Waals surface area contributed by atoms with Crippen LogP contribution in [0.3, 0.4) is 0 Å². The van der Waals surface area contributed by atoms with E-state index in [1.165, 1.54) is 9.56 Å². The van der Waals surface area contributed by atoms with E-state index in [4.69, 9.17) is 0 Å². The van der Waals surface area contributed by atoms with Gasteiger partial charge in [-0.25, -0.2) is 10.1 Å². The third kappa shape index (κ3) is 3.11. The van der Waals surface area contributed by atoms with E-state index in [2.05, 4.69) is 15.6 Å². The van der Waals surface area contributed by atoms with Crippen LogP contribution in [0.25, 0.3) is 10.8 Å². The van der Waals surface area contributed by atoms with E-state index in [9.17, 15) is 9.59 Å². The lowest BCUT2D eigenvalue weighted by Crippen LogP contribution is -2.28. The summed E-state index contributed by atoms with van der Waals surface area (Å²) < 4.78 is 1.28. The van der Waals surface area contributed by atoms with Crippen molar-refractivity contribution in [1.82, 2.24) is 15.2 Å². The Morgan fingerprint density at radius 3 is 2.71 bits per heavy atom. The summed E-state index contributed by atoms with van der Waals surface area (Å²) in [7, 11) is 0. The van der Waals surface area contributed by atoms with Crippen LogP contribution in [0.15, 0.2) is 46.3 Å². The summed E-state index contributed by atoms with van der Waals surface area (Å²) in [5, 5.41) is 9.13. The van der Waals surface area contributed by atoms with Crippen LogP contribution in [-0.4, -0.2) is 21.9 Å². The second-order valence-corrected chi connectivity index (χ2v) is 6.48. The molecule has 3 rings (SSSR count). The maximum atomic E-state index is 12.4. The van der Waals surface area contributed by atoms with Gasteiger partial charge in [-0.2, -0.15) is 10.2 Å². The van der Waals surface area contributed by atoms with Gasteiger partial charge in [-0.3, -0.25) is 9.59 Å². The lowest BCUT2D eigenvalue weighted by atomic mass is 10.1. The molecule has 1 N–H and O–H groups in total. The van der Waals surface area contributed by atoms with Gasteiger partial charge in [0.05, 0.1) is 11.6 Å². The summed E-state index contributed by atoms with van der Waals surface area (Å²) in [6.07, 6.45) is 1.59. The molecule has 0 aliphatic heterocycles. The van der Waals surface area contributed by atoms with Gasteiger partial charge in [0.15, 0.2) is 5.69 Å². The molecule has 0 saturated carbocycles. The van der Waals surface area contributed by atoms with Crippen LogP contribution in [-0.2, 0) is 6.54 Å². The van der Waals surface area contributed by atoms with Crippen molar-refractivity contribution >= 4 is 34.2 Å². The molecule has 122 valence electrons. The molecule has 1 aromatic carbocycles. The maximum absolute atomic E-state index is 12.4. The Bertz CT molecular complexity index is 988. The van der Waals surface area contributed by atoms with E-state index in [1.54, 1.807) is 41.8 Å². The zero-order valence-electron chi connectivity index (χ0n) is 13.3. The summed E-state index contributed by atoms with van der Waals surface area (Å²) in [6, 6.07) is 10.9. The highest BCUT2D eigenvalue weighted by atomic mass is 32.1. The molecule has 2 aromatic heterocycles. The van der Waals surface area contributed by atoms with Crippen LogP contribution >= 0.6 is 11.3 Å². The van der Waals surface area contributed by atoms with E-state index < -0.39 is 5.91 Å². The molecule has 0 aliphatic carbocycles. The van der Waals surface area contributed by atoms with E-state index in [-0.39, 0.29) is 11.3 Å². The minimum Gasteiger partial charge on any atom is -0.267 e. The topological polar surface area (TPSA) is 76.3 Å². The molecule has 2 heterocycles. The minimum absolute atomic E-state index is 0.187. The number of aromatic nitrogens is 2. The van der Waals surface area contributed by atoms with Crippen molar-refractivity contribution in [3.8, 4) is 0 Å². The summed E-state index contributed by atoms with van der Waals surface area (Å²) >= 11 is 1.58. The highest BCUT2D eigenvalue weighted by molar-refractivity contribution is 7.13. The monoisotopic (exact) mass is 340 g/mol. The smallest absolute Gasteiger partial charge is 0.267 e. The number of carbonyl (C=O) groups excluding carboxylic acids is 1. The van der Waals surface area contributed by atoms with Crippen molar-refractivity contribution in [3.05, 3.63) is 62.2 Å². The van der Waals surface area contributed by atoms with E-state index in [0.29, 0.717) is 17.3 Å². The van der Waals surface area contributed by atoms with Gasteiger partial charge in [0, 0.05) is 21.7 Å². The van der Waals surface area contributed by atoms with Crippen LogP contribution < -0.4 is 11.0 Å². The molecular weight excluding hydrogens is 324 g/mol. The molecule has 0 radical (unpaired) electrons. The molecule has 0 aliphatic rings. The molecule has 1 amide bonds. The van der Waals surface area contributed by atoms with Crippen molar-refractivity contribution < 1.29 is 4.79 Å². The van der Waals surface area contributed by atoms with Gasteiger partial charge >= 0.3 is 0 Å². The first-order valence-electron chi connectivity index (χ1n) is 7.50. The zero-order chi connectivity index (χ0) is 17.1. The van der Waals surface area contributed by atoms with E-state index in [0.717, 1.165) is 4.88 Å². The maximum Gasteiger partial charge on any atom is 0.292 e. The second kappa shape index (κ2) is 6.76. The van der Waals surface area contributed by atoms with E-state index in [1.807, 2.05) is 26.0 Å². The lowest BCUT2D eigenvalue weighted by Gasteiger charge is -2.08. The van der Waals surface area contributed by atoms with Crippen LogP contribution in [0.5, 0.6) is 0 Å². The zero-order valence-corrected chi connectivity index (χ0v) is 14.1. The van der Waals surface area contributed by atoms with Crippen molar-refractivity contribution in [1.29, 1.82) is 0 Å². The molecule has 0 unspecified atom stereocenters. The molecule has 0 atom stereocenters. The molecule has 7 heteroatoms. The minimum atomic E-state index is -0.446. The van der Waals surface area contributed by atoms with Crippen LogP contribution in [0.2, 0.25) is 0 Å². The lowest BCUT2D eigenvalue weighted by molar-refractivity contribution is 0.0949. The summed E-state index contributed by atoms with van der Waals surface area (Å²) in [5.74, 6) is -0.446. The van der Waals surface area contributed by atoms with Crippen molar-refractivity contribution in [2.24, 2.45) is 5.10 Å². The van der Waals surface area contributed by atoms with Crippen LogP contribution in [0.4, 0.5) is 0 Å². The summed E-state index contributed by atoms with van der Waals surface area (Å²) in [6.45, 7) is 4.20. The number of thiophene rings is 1. The molecule has 3 aromatic rings. The first-order valence-corrected chi connectivity index (χ1v) is 8.31. The summed E-state index contributed by atoms with van der Waals surface area (Å²) in [4.78, 5) is 26.8. The molecule has 24 heavy (non-hydrogen) atoms. The number of hydrogen-bond acceptors (Lipinski definition) is 5. The van der Waals surface area contributed by atoms with Gasteiger partial charge in [-0.1, -0.05) is 18.2 Å². The Morgan fingerprint density at radius 1 is 1.29 bits per heavy atom.